The highest BCUT2D eigenvalue weighted by atomic mass is 32.1. The van der Waals surface area contributed by atoms with Crippen molar-refractivity contribution in [1.29, 1.82) is 0 Å². The summed E-state index contributed by atoms with van der Waals surface area (Å²) in [5.41, 5.74) is 3.96. The van der Waals surface area contributed by atoms with Gasteiger partial charge in [0.25, 0.3) is 0 Å². The third-order valence-electron chi connectivity index (χ3n) is 2.91. The third kappa shape index (κ3) is 3.82. The predicted octanol–water partition coefficient (Wildman–Crippen LogP) is 4.89. The molecule has 0 nitrogen and oxygen atoms in total. The van der Waals surface area contributed by atoms with Gasteiger partial charge in [-0.25, -0.2) is 0 Å². The van der Waals surface area contributed by atoms with E-state index >= 15 is 0 Å². The van der Waals surface area contributed by atoms with Crippen LogP contribution in [0.15, 0.2) is 18.2 Å². The van der Waals surface area contributed by atoms with Crippen molar-refractivity contribution in [3.63, 3.8) is 0 Å². The number of hydrogen-bond donors (Lipinski definition) is 1. The summed E-state index contributed by atoms with van der Waals surface area (Å²) in [5, 5.41) is 0. The maximum absolute atomic E-state index is 5.19. The molecule has 0 amide bonds. The Kier molecular flexibility index (Phi) is 4.10. The van der Waals surface area contributed by atoms with Gasteiger partial charge in [0.2, 0.25) is 0 Å². The van der Waals surface area contributed by atoms with Gasteiger partial charge < -0.3 is 0 Å². The number of rotatable bonds is 1. The van der Waals surface area contributed by atoms with Gasteiger partial charge in [0, 0.05) is 0 Å². The van der Waals surface area contributed by atoms with Gasteiger partial charge in [-0.1, -0.05) is 59.8 Å². The lowest BCUT2D eigenvalue weighted by molar-refractivity contribution is 0.568. The Bertz CT molecular complexity index is 399. The zero-order valence-electron chi connectivity index (χ0n) is 11.6. The first-order chi connectivity index (χ1) is 7.51. The van der Waals surface area contributed by atoms with Gasteiger partial charge in [0.1, 0.15) is 0 Å². The van der Waals surface area contributed by atoms with Crippen LogP contribution in [0.1, 0.15) is 58.2 Å². The molecule has 0 aromatic heterocycles. The second-order valence-electron chi connectivity index (χ2n) is 6.60. The lowest BCUT2D eigenvalue weighted by Gasteiger charge is -2.26. The van der Waals surface area contributed by atoms with Crippen LogP contribution >= 0.6 is 24.8 Å². The van der Waals surface area contributed by atoms with Crippen LogP contribution in [-0.2, 0) is 10.8 Å². The molecule has 0 aliphatic carbocycles. The molecule has 0 N–H and O–H groups in total. The molecule has 0 heterocycles. The maximum Gasteiger partial charge on any atom is 0.0747 e. The molecular weight excluding hydrogens is 244 g/mol. The molecular formula is C15H22S2. The summed E-state index contributed by atoms with van der Waals surface area (Å²) in [7, 11) is 0. The first-order valence-corrected chi connectivity index (χ1v) is 6.77. The number of benzene rings is 1. The van der Waals surface area contributed by atoms with Gasteiger partial charge in [-0.05, 0) is 39.7 Å². The molecule has 0 saturated heterocycles. The van der Waals surface area contributed by atoms with Gasteiger partial charge >= 0.3 is 0 Å². The van der Waals surface area contributed by atoms with Gasteiger partial charge in [-0.3, -0.25) is 0 Å². The van der Waals surface area contributed by atoms with E-state index in [0.717, 1.165) is 5.56 Å². The summed E-state index contributed by atoms with van der Waals surface area (Å²) in [6.45, 7) is 13.3. The Morgan fingerprint density at radius 3 is 1.47 bits per heavy atom. The minimum absolute atomic E-state index is 0.134. The van der Waals surface area contributed by atoms with Crippen LogP contribution in [0, 0.1) is 0 Å². The zero-order chi connectivity index (χ0) is 13.4. The van der Waals surface area contributed by atoms with E-state index in [1.54, 1.807) is 0 Å². The van der Waals surface area contributed by atoms with Crippen LogP contribution in [0.4, 0.5) is 0 Å². The van der Waals surface area contributed by atoms with Crippen molar-refractivity contribution in [1.82, 2.24) is 0 Å². The van der Waals surface area contributed by atoms with Crippen molar-refractivity contribution in [2.75, 3.05) is 0 Å². The molecule has 0 fully saturated rings. The van der Waals surface area contributed by atoms with Gasteiger partial charge in [0.05, 0.1) is 4.20 Å². The Morgan fingerprint density at radius 1 is 0.882 bits per heavy atom. The quantitative estimate of drug-likeness (QED) is 0.558. The summed E-state index contributed by atoms with van der Waals surface area (Å²) < 4.78 is 0.668. The fourth-order valence-electron chi connectivity index (χ4n) is 1.62. The van der Waals surface area contributed by atoms with Crippen LogP contribution in [0.3, 0.4) is 0 Å². The second kappa shape index (κ2) is 4.74. The third-order valence-corrected chi connectivity index (χ3v) is 3.41. The molecule has 0 aliphatic heterocycles. The van der Waals surface area contributed by atoms with E-state index in [9.17, 15) is 0 Å². The highest BCUT2D eigenvalue weighted by molar-refractivity contribution is 8.11. The maximum atomic E-state index is 5.19. The SMILES string of the molecule is CC(C)(C)c1cc(C(=S)S)cc(C(C)(C)C)c1. The second-order valence-corrected chi connectivity index (χ2v) is 7.76. The Balaban J connectivity index is 3.45. The summed E-state index contributed by atoms with van der Waals surface area (Å²) in [4.78, 5) is 0. The van der Waals surface area contributed by atoms with Crippen LogP contribution < -0.4 is 0 Å². The van der Waals surface area contributed by atoms with Crippen molar-refractivity contribution in [2.24, 2.45) is 0 Å². The molecule has 0 bridgehead atoms. The normalized spacial score (nSPS) is 12.6. The van der Waals surface area contributed by atoms with Crippen LogP contribution in [0.5, 0.6) is 0 Å². The fourth-order valence-corrected chi connectivity index (χ4v) is 1.86. The van der Waals surface area contributed by atoms with E-state index in [1.165, 1.54) is 11.1 Å². The first kappa shape index (κ1) is 14.7. The van der Waals surface area contributed by atoms with E-state index < -0.39 is 0 Å². The summed E-state index contributed by atoms with van der Waals surface area (Å²) in [6.07, 6.45) is 0. The Morgan fingerprint density at radius 2 is 1.24 bits per heavy atom. The standard InChI is InChI=1S/C15H22S2/c1-14(2,3)11-7-10(13(16)17)8-12(9-11)15(4,5)6/h7-9H,1-6H3,(H,16,17). The smallest absolute Gasteiger partial charge is 0.0747 e. The Hall–Kier alpha value is -0.340. The molecule has 1 aromatic carbocycles. The van der Waals surface area contributed by atoms with E-state index in [2.05, 4.69) is 72.4 Å². The molecule has 0 spiro atoms. The highest BCUT2D eigenvalue weighted by Gasteiger charge is 2.20. The molecule has 1 rings (SSSR count). The van der Waals surface area contributed by atoms with Crippen molar-refractivity contribution in [3.8, 4) is 0 Å². The minimum Gasteiger partial charge on any atom is -0.131 e. The average molecular weight is 266 g/mol. The minimum atomic E-state index is 0.134. The summed E-state index contributed by atoms with van der Waals surface area (Å²) in [5.74, 6) is 0. The monoisotopic (exact) mass is 266 g/mol. The lowest BCUT2D eigenvalue weighted by atomic mass is 9.80. The average Bonchev–Trinajstić information content (AvgIpc) is 2.14. The van der Waals surface area contributed by atoms with Gasteiger partial charge in [-0.2, -0.15) is 0 Å². The summed E-state index contributed by atoms with van der Waals surface area (Å²) >= 11 is 9.50. The highest BCUT2D eigenvalue weighted by Crippen LogP contribution is 2.30. The van der Waals surface area contributed by atoms with E-state index in [0.29, 0.717) is 4.20 Å². The zero-order valence-corrected chi connectivity index (χ0v) is 13.3. The van der Waals surface area contributed by atoms with Crippen molar-refractivity contribution >= 4 is 29.0 Å². The van der Waals surface area contributed by atoms with E-state index in [1.807, 2.05) is 0 Å². The largest absolute Gasteiger partial charge is 0.131 e. The molecule has 0 unspecified atom stereocenters. The number of thiol groups is 1. The van der Waals surface area contributed by atoms with Gasteiger partial charge in [0.15, 0.2) is 0 Å². The first-order valence-electron chi connectivity index (χ1n) is 5.91. The van der Waals surface area contributed by atoms with Crippen molar-refractivity contribution < 1.29 is 0 Å². The van der Waals surface area contributed by atoms with Crippen molar-refractivity contribution in [2.45, 2.75) is 52.4 Å². The molecule has 0 saturated carbocycles. The Labute approximate surface area is 116 Å². The van der Waals surface area contributed by atoms with Crippen LogP contribution in [0.2, 0.25) is 0 Å². The molecule has 94 valence electrons. The number of thiocarbonyl (C=S) groups is 1. The summed E-state index contributed by atoms with van der Waals surface area (Å²) in [6, 6.07) is 6.60. The predicted molar refractivity (Wildman–Crippen MR) is 84.5 cm³/mol. The van der Waals surface area contributed by atoms with Gasteiger partial charge in [-0.15, -0.1) is 12.6 Å². The van der Waals surface area contributed by atoms with Crippen LogP contribution in [-0.4, -0.2) is 4.20 Å². The van der Waals surface area contributed by atoms with Crippen molar-refractivity contribution in [3.05, 3.63) is 34.9 Å². The molecule has 0 radical (unpaired) electrons. The molecule has 0 atom stereocenters. The van der Waals surface area contributed by atoms with Crippen LogP contribution in [0.25, 0.3) is 0 Å². The molecule has 0 aliphatic rings. The molecule has 1 aromatic rings. The number of hydrogen-bond acceptors (Lipinski definition) is 1. The van der Waals surface area contributed by atoms with E-state index in [4.69, 9.17) is 12.2 Å². The lowest BCUT2D eigenvalue weighted by Crippen LogP contribution is -2.17. The molecule has 17 heavy (non-hydrogen) atoms. The van der Waals surface area contributed by atoms with E-state index in [-0.39, 0.29) is 10.8 Å². The molecule has 2 heteroatoms. The topological polar surface area (TPSA) is 0 Å². The fraction of sp³-hybridized carbons (Fsp3) is 0.533.